The van der Waals surface area contributed by atoms with Gasteiger partial charge in [-0.3, -0.25) is 9.59 Å². The van der Waals surface area contributed by atoms with Crippen molar-refractivity contribution in [3.05, 3.63) is 29.8 Å². The standard InChI is InChI=1S/C17H25N3O3/c1-12-11-20(8-7-18-12)17(22)16(19-13(2)21)10-14-5-4-6-15(9-14)23-3/h4-6,9,12,16,18H,7-8,10-11H2,1-3H3,(H,19,21). The number of ether oxygens (including phenoxy) is 1. The van der Waals surface area contributed by atoms with E-state index in [1.165, 1.54) is 6.92 Å². The van der Waals surface area contributed by atoms with E-state index in [1.54, 1.807) is 7.11 Å². The molecule has 6 heteroatoms. The van der Waals surface area contributed by atoms with Crippen molar-refractivity contribution >= 4 is 11.8 Å². The van der Waals surface area contributed by atoms with E-state index in [9.17, 15) is 9.59 Å². The van der Waals surface area contributed by atoms with E-state index in [0.717, 1.165) is 17.9 Å². The molecule has 1 fully saturated rings. The minimum absolute atomic E-state index is 0.0311. The van der Waals surface area contributed by atoms with Crippen molar-refractivity contribution in [3.63, 3.8) is 0 Å². The Kier molecular flexibility index (Phi) is 5.98. The molecule has 2 unspecified atom stereocenters. The summed E-state index contributed by atoms with van der Waals surface area (Å²) >= 11 is 0. The molecule has 0 radical (unpaired) electrons. The molecule has 2 N–H and O–H groups in total. The van der Waals surface area contributed by atoms with Gasteiger partial charge >= 0.3 is 0 Å². The van der Waals surface area contributed by atoms with Crippen LogP contribution < -0.4 is 15.4 Å². The summed E-state index contributed by atoms with van der Waals surface area (Å²) < 4.78 is 5.22. The van der Waals surface area contributed by atoms with Crippen LogP contribution in [0.15, 0.2) is 24.3 Å². The van der Waals surface area contributed by atoms with E-state index in [2.05, 4.69) is 17.6 Å². The second kappa shape index (κ2) is 7.97. The maximum absolute atomic E-state index is 12.8. The molecule has 1 aromatic carbocycles. The second-order valence-corrected chi connectivity index (χ2v) is 5.95. The molecular formula is C17H25N3O3. The normalized spacial score (nSPS) is 19.1. The lowest BCUT2D eigenvalue weighted by Crippen LogP contribution is -2.57. The number of benzene rings is 1. The van der Waals surface area contributed by atoms with Crippen LogP contribution in [0.1, 0.15) is 19.4 Å². The number of carbonyl (C=O) groups is 2. The smallest absolute Gasteiger partial charge is 0.245 e. The largest absolute Gasteiger partial charge is 0.497 e. The predicted octanol–water partition coefficient (Wildman–Crippen LogP) is 0.563. The van der Waals surface area contributed by atoms with E-state index in [-0.39, 0.29) is 17.9 Å². The maximum atomic E-state index is 12.8. The van der Waals surface area contributed by atoms with Crippen LogP contribution in [0.2, 0.25) is 0 Å². The van der Waals surface area contributed by atoms with Crippen LogP contribution in [-0.4, -0.2) is 55.5 Å². The number of nitrogens with zero attached hydrogens (tertiary/aromatic N) is 1. The van der Waals surface area contributed by atoms with Gasteiger partial charge in [0.05, 0.1) is 7.11 Å². The zero-order valence-electron chi connectivity index (χ0n) is 14.0. The number of piperazine rings is 1. The fraction of sp³-hybridized carbons (Fsp3) is 0.529. The van der Waals surface area contributed by atoms with E-state index in [0.29, 0.717) is 19.5 Å². The van der Waals surface area contributed by atoms with Crippen molar-refractivity contribution in [3.8, 4) is 5.75 Å². The molecule has 6 nitrogen and oxygen atoms in total. The summed E-state index contributed by atoms with van der Waals surface area (Å²) in [5.41, 5.74) is 0.958. The average Bonchev–Trinajstić information content (AvgIpc) is 2.53. The fourth-order valence-electron chi connectivity index (χ4n) is 2.83. The van der Waals surface area contributed by atoms with Crippen molar-refractivity contribution in [2.75, 3.05) is 26.7 Å². The molecule has 1 aliphatic rings. The quantitative estimate of drug-likeness (QED) is 0.832. The number of carbonyl (C=O) groups excluding carboxylic acids is 2. The summed E-state index contributed by atoms with van der Waals surface area (Å²) in [7, 11) is 1.61. The van der Waals surface area contributed by atoms with Crippen molar-refractivity contribution in [2.24, 2.45) is 0 Å². The van der Waals surface area contributed by atoms with Gasteiger partial charge in [-0.1, -0.05) is 12.1 Å². The molecule has 1 heterocycles. The highest BCUT2D eigenvalue weighted by molar-refractivity contribution is 5.87. The third-order valence-corrected chi connectivity index (χ3v) is 3.93. The topological polar surface area (TPSA) is 70.7 Å². The first-order valence-corrected chi connectivity index (χ1v) is 7.92. The first kappa shape index (κ1) is 17.3. The summed E-state index contributed by atoms with van der Waals surface area (Å²) in [5.74, 6) is 0.512. The van der Waals surface area contributed by atoms with Crippen LogP contribution in [-0.2, 0) is 16.0 Å². The van der Waals surface area contributed by atoms with Gasteiger partial charge in [-0.05, 0) is 24.6 Å². The maximum Gasteiger partial charge on any atom is 0.245 e. The second-order valence-electron chi connectivity index (χ2n) is 5.95. The zero-order valence-corrected chi connectivity index (χ0v) is 14.0. The Morgan fingerprint density at radius 1 is 1.48 bits per heavy atom. The van der Waals surface area contributed by atoms with Gasteiger partial charge in [0, 0.05) is 39.0 Å². The van der Waals surface area contributed by atoms with Crippen LogP contribution in [0.25, 0.3) is 0 Å². The lowest BCUT2D eigenvalue weighted by molar-refractivity contribution is -0.137. The van der Waals surface area contributed by atoms with E-state index < -0.39 is 6.04 Å². The summed E-state index contributed by atoms with van der Waals surface area (Å²) in [5, 5.41) is 6.10. The molecule has 2 rings (SSSR count). The molecule has 0 saturated carbocycles. The Hall–Kier alpha value is -2.08. The highest BCUT2D eigenvalue weighted by Gasteiger charge is 2.28. The van der Waals surface area contributed by atoms with Crippen LogP contribution in [0, 0.1) is 0 Å². The third kappa shape index (κ3) is 4.96. The molecule has 23 heavy (non-hydrogen) atoms. The number of hydrogen-bond acceptors (Lipinski definition) is 4. The Labute approximate surface area is 137 Å². The lowest BCUT2D eigenvalue weighted by Gasteiger charge is -2.34. The molecule has 0 aromatic heterocycles. The Morgan fingerprint density at radius 2 is 2.26 bits per heavy atom. The molecule has 1 aliphatic heterocycles. The Morgan fingerprint density at radius 3 is 2.91 bits per heavy atom. The van der Waals surface area contributed by atoms with Crippen molar-refractivity contribution in [1.29, 1.82) is 0 Å². The summed E-state index contributed by atoms with van der Waals surface area (Å²) in [4.78, 5) is 26.1. The molecular weight excluding hydrogens is 294 g/mol. The van der Waals surface area contributed by atoms with E-state index in [1.807, 2.05) is 29.2 Å². The zero-order chi connectivity index (χ0) is 16.8. The van der Waals surface area contributed by atoms with Gasteiger partial charge in [0.25, 0.3) is 0 Å². The average molecular weight is 319 g/mol. The molecule has 126 valence electrons. The van der Waals surface area contributed by atoms with Crippen molar-refractivity contribution in [2.45, 2.75) is 32.4 Å². The SMILES string of the molecule is COc1cccc(CC(NC(C)=O)C(=O)N2CCNC(C)C2)c1. The molecule has 0 bridgehead atoms. The number of rotatable bonds is 5. The number of hydrogen-bond donors (Lipinski definition) is 2. The molecule has 1 saturated heterocycles. The van der Waals surface area contributed by atoms with Crippen LogP contribution in [0.3, 0.4) is 0 Å². The van der Waals surface area contributed by atoms with Crippen LogP contribution >= 0.6 is 0 Å². The molecule has 0 spiro atoms. The van der Waals surface area contributed by atoms with Gasteiger partial charge in [0.2, 0.25) is 11.8 Å². The first-order valence-electron chi connectivity index (χ1n) is 7.92. The molecule has 2 atom stereocenters. The Balaban J connectivity index is 2.12. The van der Waals surface area contributed by atoms with Crippen molar-refractivity contribution < 1.29 is 14.3 Å². The van der Waals surface area contributed by atoms with Gasteiger partial charge in [-0.25, -0.2) is 0 Å². The van der Waals surface area contributed by atoms with Crippen molar-refractivity contribution in [1.82, 2.24) is 15.5 Å². The van der Waals surface area contributed by atoms with Gasteiger partial charge in [0.15, 0.2) is 0 Å². The van der Waals surface area contributed by atoms with Crippen LogP contribution in [0.5, 0.6) is 5.75 Å². The lowest BCUT2D eigenvalue weighted by atomic mass is 10.0. The third-order valence-electron chi connectivity index (χ3n) is 3.93. The van der Waals surface area contributed by atoms with Gasteiger partial charge in [-0.2, -0.15) is 0 Å². The highest BCUT2D eigenvalue weighted by Crippen LogP contribution is 2.15. The summed E-state index contributed by atoms with van der Waals surface area (Å²) in [6.45, 7) is 5.59. The summed E-state index contributed by atoms with van der Waals surface area (Å²) in [6.07, 6.45) is 0.452. The minimum atomic E-state index is -0.551. The van der Waals surface area contributed by atoms with E-state index in [4.69, 9.17) is 4.74 Å². The first-order chi connectivity index (χ1) is 11.0. The molecule has 0 aliphatic carbocycles. The molecule has 1 aromatic rings. The van der Waals surface area contributed by atoms with E-state index >= 15 is 0 Å². The molecule has 2 amide bonds. The summed E-state index contributed by atoms with van der Waals surface area (Å²) in [6, 6.07) is 7.29. The van der Waals surface area contributed by atoms with Crippen LogP contribution in [0.4, 0.5) is 0 Å². The number of nitrogens with one attached hydrogen (secondary N) is 2. The monoisotopic (exact) mass is 319 g/mol. The Bertz CT molecular complexity index is 562. The number of methoxy groups -OCH3 is 1. The predicted molar refractivity (Wildman–Crippen MR) is 88.3 cm³/mol. The van der Waals surface area contributed by atoms with Gasteiger partial charge in [-0.15, -0.1) is 0 Å². The highest BCUT2D eigenvalue weighted by atomic mass is 16.5. The van der Waals surface area contributed by atoms with Gasteiger partial charge < -0.3 is 20.3 Å². The van der Waals surface area contributed by atoms with Gasteiger partial charge in [0.1, 0.15) is 11.8 Å². The number of amides is 2. The fourth-order valence-corrected chi connectivity index (χ4v) is 2.83. The minimum Gasteiger partial charge on any atom is -0.497 e.